The van der Waals surface area contributed by atoms with Gasteiger partial charge in [-0.3, -0.25) is 9.69 Å². The Morgan fingerprint density at radius 2 is 2.55 bits per heavy atom. The Morgan fingerprint density at radius 1 is 1.70 bits per heavy atom. The summed E-state index contributed by atoms with van der Waals surface area (Å²) in [6.45, 7) is 3.05. The smallest absolute Gasteiger partial charge is 0.306 e. The van der Waals surface area contributed by atoms with Gasteiger partial charge in [0.05, 0.1) is 19.6 Å². The summed E-state index contributed by atoms with van der Waals surface area (Å²) >= 11 is 7.32. The van der Waals surface area contributed by atoms with Gasteiger partial charge in [-0.25, -0.2) is 4.98 Å². The summed E-state index contributed by atoms with van der Waals surface area (Å²) in [5, 5.41) is 0. The number of ether oxygens (including phenoxy) is 2. The zero-order valence-corrected chi connectivity index (χ0v) is 13.1. The maximum absolute atomic E-state index is 11.3. The topological polar surface area (TPSA) is 51.7 Å². The predicted octanol–water partition coefficient (Wildman–Crippen LogP) is 2.34. The van der Waals surface area contributed by atoms with Crippen LogP contribution >= 0.6 is 22.9 Å². The minimum absolute atomic E-state index is 0.190. The molecule has 0 aromatic carbocycles. The van der Waals surface area contributed by atoms with Gasteiger partial charge >= 0.3 is 5.97 Å². The van der Waals surface area contributed by atoms with Crippen LogP contribution < -0.4 is 0 Å². The van der Waals surface area contributed by atoms with E-state index in [9.17, 15) is 4.79 Å². The quantitative estimate of drug-likeness (QED) is 0.722. The number of carbonyl (C=O) groups is 1. The number of aromatic nitrogens is 1. The first kappa shape index (κ1) is 15.7. The Balaban J connectivity index is 1.89. The lowest BCUT2D eigenvalue weighted by Crippen LogP contribution is -2.33. The van der Waals surface area contributed by atoms with Crippen LogP contribution in [0.5, 0.6) is 0 Å². The van der Waals surface area contributed by atoms with E-state index in [1.807, 2.05) is 0 Å². The second kappa shape index (κ2) is 7.93. The maximum atomic E-state index is 11.3. The average molecular weight is 319 g/mol. The van der Waals surface area contributed by atoms with E-state index in [4.69, 9.17) is 21.1 Å². The summed E-state index contributed by atoms with van der Waals surface area (Å²) < 4.78 is 10.9. The van der Waals surface area contributed by atoms with E-state index in [1.165, 1.54) is 18.4 Å². The number of rotatable bonds is 7. The third kappa shape index (κ3) is 5.01. The van der Waals surface area contributed by atoms with Crippen molar-refractivity contribution in [2.24, 2.45) is 0 Å². The summed E-state index contributed by atoms with van der Waals surface area (Å²) in [5.41, 5.74) is 0. The lowest BCUT2D eigenvalue weighted by atomic mass is 10.2. The molecule has 20 heavy (non-hydrogen) atoms. The number of nitrogens with zero attached hydrogens (tertiary/aromatic N) is 2. The van der Waals surface area contributed by atoms with E-state index in [-0.39, 0.29) is 12.1 Å². The molecule has 1 aliphatic rings. The molecule has 0 spiro atoms. The average Bonchev–Trinajstić information content (AvgIpc) is 3.07. The third-order valence-corrected chi connectivity index (χ3v) is 4.35. The molecule has 1 atom stereocenters. The first-order valence-electron chi connectivity index (χ1n) is 6.68. The SMILES string of the molecule is COC(=O)CCN(Cc1cnc(Cl)s1)CC1CCCO1. The Labute approximate surface area is 127 Å². The van der Waals surface area contributed by atoms with E-state index in [0.29, 0.717) is 17.4 Å². The molecule has 1 aliphatic heterocycles. The number of thiazole rings is 1. The number of halogens is 1. The molecule has 1 saturated heterocycles. The normalized spacial score (nSPS) is 18.6. The predicted molar refractivity (Wildman–Crippen MR) is 78.0 cm³/mol. The van der Waals surface area contributed by atoms with E-state index in [1.54, 1.807) is 6.20 Å². The highest BCUT2D eigenvalue weighted by atomic mass is 35.5. The summed E-state index contributed by atoms with van der Waals surface area (Å²) in [4.78, 5) is 18.6. The highest BCUT2D eigenvalue weighted by molar-refractivity contribution is 7.15. The fraction of sp³-hybridized carbons (Fsp3) is 0.692. The minimum Gasteiger partial charge on any atom is -0.469 e. The van der Waals surface area contributed by atoms with Crippen LogP contribution in [0.3, 0.4) is 0 Å². The molecule has 0 N–H and O–H groups in total. The summed E-state index contributed by atoms with van der Waals surface area (Å²) in [7, 11) is 1.41. The molecular weight excluding hydrogens is 300 g/mol. The molecule has 0 amide bonds. The molecule has 2 rings (SSSR count). The number of carbonyl (C=O) groups excluding carboxylic acids is 1. The molecule has 0 radical (unpaired) electrons. The number of methoxy groups -OCH3 is 1. The van der Waals surface area contributed by atoms with Crippen molar-refractivity contribution in [1.29, 1.82) is 0 Å². The first-order valence-corrected chi connectivity index (χ1v) is 7.88. The lowest BCUT2D eigenvalue weighted by molar-refractivity contribution is -0.141. The molecule has 2 heterocycles. The Hall–Kier alpha value is -0.690. The van der Waals surface area contributed by atoms with Crippen LogP contribution in [0.2, 0.25) is 4.47 Å². The lowest BCUT2D eigenvalue weighted by Gasteiger charge is -2.24. The van der Waals surface area contributed by atoms with Gasteiger partial charge in [-0.2, -0.15) is 0 Å². The highest BCUT2D eigenvalue weighted by Crippen LogP contribution is 2.21. The Kier molecular flexibility index (Phi) is 6.22. The largest absolute Gasteiger partial charge is 0.469 e. The van der Waals surface area contributed by atoms with Gasteiger partial charge in [0.15, 0.2) is 4.47 Å². The molecule has 0 aliphatic carbocycles. The second-order valence-corrected chi connectivity index (χ2v) is 6.47. The van der Waals surface area contributed by atoms with Crippen LogP contribution in [0.15, 0.2) is 6.20 Å². The molecule has 0 saturated carbocycles. The molecule has 1 aromatic rings. The molecular formula is C13H19ClN2O3S. The van der Waals surface area contributed by atoms with E-state index in [2.05, 4.69) is 9.88 Å². The Morgan fingerprint density at radius 3 is 3.15 bits per heavy atom. The standard InChI is InChI=1S/C13H19ClN2O3S/c1-18-12(17)4-5-16(8-10-3-2-6-19-10)9-11-7-15-13(14)20-11/h7,10H,2-6,8-9H2,1H3. The third-order valence-electron chi connectivity index (χ3n) is 3.25. The molecule has 0 bridgehead atoms. The second-order valence-electron chi connectivity index (χ2n) is 4.78. The monoisotopic (exact) mass is 318 g/mol. The van der Waals surface area contributed by atoms with Crippen LogP contribution in [0, 0.1) is 0 Å². The summed E-state index contributed by atoms with van der Waals surface area (Å²) in [5.74, 6) is -0.190. The van der Waals surface area contributed by atoms with Crippen molar-refractivity contribution in [3.05, 3.63) is 15.5 Å². The van der Waals surface area contributed by atoms with Crippen molar-refractivity contribution < 1.29 is 14.3 Å². The van der Waals surface area contributed by atoms with Crippen LogP contribution in [0.25, 0.3) is 0 Å². The molecule has 5 nitrogen and oxygen atoms in total. The van der Waals surface area contributed by atoms with E-state index in [0.717, 1.165) is 37.4 Å². The van der Waals surface area contributed by atoms with Gasteiger partial charge in [-0.1, -0.05) is 11.6 Å². The van der Waals surface area contributed by atoms with Crippen LogP contribution in [0.1, 0.15) is 24.1 Å². The minimum atomic E-state index is -0.190. The van der Waals surface area contributed by atoms with Crippen molar-refractivity contribution >= 4 is 28.9 Å². The molecule has 7 heteroatoms. The summed E-state index contributed by atoms with van der Waals surface area (Å²) in [6.07, 6.45) is 4.62. The van der Waals surface area contributed by atoms with Gasteiger partial charge < -0.3 is 9.47 Å². The first-order chi connectivity index (χ1) is 9.67. The van der Waals surface area contributed by atoms with Gasteiger partial charge in [0.2, 0.25) is 0 Å². The molecule has 1 aromatic heterocycles. The van der Waals surface area contributed by atoms with Crippen molar-refractivity contribution in [1.82, 2.24) is 9.88 Å². The fourth-order valence-electron chi connectivity index (χ4n) is 2.24. The highest BCUT2D eigenvalue weighted by Gasteiger charge is 2.20. The maximum Gasteiger partial charge on any atom is 0.306 e. The number of hydrogen-bond acceptors (Lipinski definition) is 6. The van der Waals surface area contributed by atoms with Gasteiger partial charge in [-0.15, -0.1) is 11.3 Å². The van der Waals surface area contributed by atoms with Crippen LogP contribution in [-0.4, -0.2) is 48.8 Å². The van der Waals surface area contributed by atoms with Gasteiger partial charge in [-0.05, 0) is 12.8 Å². The molecule has 112 valence electrons. The van der Waals surface area contributed by atoms with Gasteiger partial charge in [0.1, 0.15) is 0 Å². The molecule has 1 unspecified atom stereocenters. The van der Waals surface area contributed by atoms with Crippen LogP contribution in [-0.2, 0) is 20.8 Å². The van der Waals surface area contributed by atoms with E-state index >= 15 is 0 Å². The van der Waals surface area contributed by atoms with Crippen molar-refractivity contribution in [3.63, 3.8) is 0 Å². The van der Waals surface area contributed by atoms with Crippen molar-refractivity contribution in [3.8, 4) is 0 Å². The zero-order chi connectivity index (χ0) is 14.4. The summed E-state index contributed by atoms with van der Waals surface area (Å²) in [6, 6.07) is 0. The van der Waals surface area contributed by atoms with Crippen molar-refractivity contribution in [2.45, 2.75) is 31.9 Å². The van der Waals surface area contributed by atoms with Gasteiger partial charge in [0.25, 0.3) is 0 Å². The van der Waals surface area contributed by atoms with E-state index < -0.39 is 0 Å². The van der Waals surface area contributed by atoms with Gasteiger partial charge in [0, 0.05) is 37.3 Å². The fourth-order valence-corrected chi connectivity index (χ4v) is 3.26. The molecule has 1 fully saturated rings. The number of esters is 1. The number of hydrogen-bond donors (Lipinski definition) is 0. The Bertz CT molecular complexity index is 435. The zero-order valence-electron chi connectivity index (χ0n) is 11.5. The van der Waals surface area contributed by atoms with Crippen molar-refractivity contribution in [2.75, 3.05) is 26.8 Å². The van der Waals surface area contributed by atoms with Crippen LogP contribution in [0.4, 0.5) is 0 Å².